The Labute approximate surface area is 167 Å². The molecule has 3 rings (SSSR count). The van der Waals surface area contributed by atoms with Gasteiger partial charge in [0.2, 0.25) is 10.0 Å². The summed E-state index contributed by atoms with van der Waals surface area (Å²) in [6.45, 7) is 2.29. The van der Waals surface area contributed by atoms with Gasteiger partial charge in [-0.2, -0.15) is 4.31 Å². The third kappa shape index (κ3) is 4.74. The lowest BCUT2D eigenvalue weighted by molar-refractivity contribution is 0.102. The van der Waals surface area contributed by atoms with E-state index in [1.807, 2.05) is 42.5 Å². The van der Waals surface area contributed by atoms with Crippen molar-refractivity contribution in [3.05, 3.63) is 57.7 Å². The highest BCUT2D eigenvalue weighted by Crippen LogP contribution is 2.21. The quantitative estimate of drug-likeness (QED) is 0.677. The minimum Gasteiger partial charge on any atom is -0.369 e. The first kappa shape index (κ1) is 19.1. The Bertz CT molecular complexity index is 892. The number of nitrogens with zero attached hydrogens (tertiary/aromatic N) is 2. The maximum atomic E-state index is 12.3. The minimum atomic E-state index is -3.12. The molecular formula is C18H20IN3O3S. The first-order valence-corrected chi connectivity index (χ1v) is 11.1. The number of amides is 1. The number of rotatable bonds is 4. The fourth-order valence-corrected chi connectivity index (χ4v) is 4.24. The topological polar surface area (TPSA) is 69.7 Å². The molecule has 8 heteroatoms. The Morgan fingerprint density at radius 2 is 1.69 bits per heavy atom. The number of carbonyl (C=O) groups is 1. The fourth-order valence-electron chi connectivity index (χ4n) is 2.87. The van der Waals surface area contributed by atoms with Crippen molar-refractivity contribution >= 4 is 49.9 Å². The van der Waals surface area contributed by atoms with Crippen molar-refractivity contribution in [3.8, 4) is 0 Å². The zero-order valence-corrected chi connectivity index (χ0v) is 17.3. The van der Waals surface area contributed by atoms with Crippen molar-refractivity contribution in [2.24, 2.45) is 0 Å². The lowest BCUT2D eigenvalue weighted by Crippen LogP contribution is -2.48. The van der Waals surface area contributed by atoms with Gasteiger partial charge in [0.15, 0.2) is 0 Å². The average molecular weight is 485 g/mol. The SMILES string of the molecule is CS(=O)(=O)N1CCN(c2ccc(NC(=O)c3cccc(I)c3)cc2)CC1. The van der Waals surface area contributed by atoms with Crippen molar-refractivity contribution in [2.45, 2.75) is 0 Å². The summed E-state index contributed by atoms with van der Waals surface area (Å²) in [6.07, 6.45) is 1.24. The summed E-state index contributed by atoms with van der Waals surface area (Å²) in [5.41, 5.74) is 2.37. The van der Waals surface area contributed by atoms with Crippen molar-refractivity contribution in [3.63, 3.8) is 0 Å². The van der Waals surface area contributed by atoms with E-state index in [0.29, 0.717) is 31.7 Å². The van der Waals surface area contributed by atoms with Gasteiger partial charge in [-0.1, -0.05) is 6.07 Å². The standard InChI is InChI=1S/C18H20IN3O3S/c1-26(24,25)22-11-9-21(10-12-22)17-7-5-16(6-8-17)20-18(23)14-3-2-4-15(19)13-14/h2-8,13H,9-12H2,1H3,(H,20,23). The zero-order chi connectivity index (χ0) is 18.7. The van der Waals surface area contributed by atoms with E-state index in [0.717, 1.165) is 14.9 Å². The normalized spacial score (nSPS) is 15.7. The molecule has 0 aliphatic carbocycles. The lowest BCUT2D eigenvalue weighted by atomic mass is 10.2. The van der Waals surface area contributed by atoms with Crippen LogP contribution in [0.3, 0.4) is 0 Å². The number of piperazine rings is 1. The molecule has 2 aromatic carbocycles. The van der Waals surface area contributed by atoms with Gasteiger partial charge in [-0.05, 0) is 65.1 Å². The Morgan fingerprint density at radius 3 is 2.27 bits per heavy atom. The number of anilines is 2. The van der Waals surface area contributed by atoms with Crippen LogP contribution in [0.4, 0.5) is 11.4 Å². The van der Waals surface area contributed by atoms with Crippen LogP contribution in [-0.4, -0.2) is 51.1 Å². The van der Waals surface area contributed by atoms with Crippen LogP contribution in [0.25, 0.3) is 0 Å². The molecule has 1 saturated heterocycles. The van der Waals surface area contributed by atoms with Gasteiger partial charge in [0, 0.05) is 46.7 Å². The van der Waals surface area contributed by atoms with Crippen LogP contribution in [0.15, 0.2) is 48.5 Å². The van der Waals surface area contributed by atoms with Crippen molar-refractivity contribution in [1.82, 2.24) is 4.31 Å². The van der Waals surface area contributed by atoms with Crippen LogP contribution in [-0.2, 0) is 10.0 Å². The maximum absolute atomic E-state index is 12.3. The van der Waals surface area contributed by atoms with Crippen LogP contribution in [0, 0.1) is 3.57 Å². The van der Waals surface area contributed by atoms with Crippen LogP contribution in [0.1, 0.15) is 10.4 Å². The molecular weight excluding hydrogens is 465 g/mol. The Balaban J connectivity index is 1.61. The fraction of sp³-hybridized carbons (Fsp3) is 0.278. The highest BCUT2D eigenvalue weighted by atomic mass is 127. The number of hydrogen-bond donors (Lipinski definition) is 1. The van der Waals surface area contributed by atoms with Crippen LogP contribution >= 0.6 is 22.6 Å². The van der Waals surface area contributed by atoms with Crippen LogP contribution in [0.2, 0.25) is 0 Å². The number of benzene rings is 2. The highest BCUT2D eigenvalue weighted by molar-refractivity contribution is 14.1. The summed E-state index contributed by atoms with van der Waals surface area (Å²) in [4.78, 5) is 14.4. The largest absolute Gasteiger partial charge is 0.369 e. The van der Waals surface area contributed by atoms with Crippen molar-refractivity contribution in [2.75, 3.05) is 42.7 Å². The summed E-state index contributed by atoms with van der Waals surface area (Å²) in [6, 6.07) is 15.0. The zero-order valence-electron chi connectivity index (χ0n) is 14.4. The molecule has 0 atom stereocenters. The van der Waals surface area contributed by atoms with E-state index in [1.54, 1.807) is 6.07 Å². The smallest absolute Gasteiger partial charge is 0.255 e. The van der Waals surface area contributed by atoms with Gasteiger partial charge in [-0.25, -0.2) is 8.42 Å². The second kappa shape index (κ2) is 7.93. The Morgan fingerprint density at radius 1 is 1.04 bits per heavy atom. The van der Waals surface area contributed by atoms with Crippen molar-refractivity contribution in [1.29, 1.82) is 0 Å². The van der Waals surface area contributed by atoms with E-state index < -0.39 is 10.0 Å². The lowest BCUT2D eigenvalue weighted by Gasteiger charge is -2.34. The average Bonchev–Trinajstić information content (AvgIpc) is 2.62. The molecule has 0 bridgehead atoms. The summed E-state index contributed by atoms with van der Waals surface area (Å²) >= 11 is 2.18. The number of halogens is 1. The van der Waals surface area contributed by atoms with E-state index in [-0.39, 0.29) is 5.91 Å². The monoisotopic (exact) mass is 485 g/mol. The first-order chi connectivity index (χ1) is 12.3. The minimum absolute atomic E-state index is 0.141. The summed E-state index contributed by atoms with van der Waals surface area (Å²) in [5, 5.41) is 2.89. The molecule has 0 radical (unpaired) electrons. The van der Waals surface area contributed by atoms with E-state index >= 15 is 0 Å². The molecule has 1 aliphatic rings. The molecule has 26 heavy (non-hydrogen) atoms. The molecule has 0 spiro atoms. The van der Waals surface area contributed by atoms with Gasteiger partial charge in [0.25, 0.3) is 5.91 Å². The first-order valence-electron chi connectivity index (χ1n) is 8.20. The number of sulfonamides is 1. The molecule has 0 saturated carbocycles. The molecule has 0 aromatic heterocycles. The maximum Gasteiger partial charge on any atom is 0.255 e. The second-order valence-electron chi connectivity index (χ2n) is 6.16. The third-order valence-corrected chi connectivity index (χ3v) is 6.26. The molecule has 6 nitrogen and oxygen atoms in total. The van der Waals surface area contributed by atoms with Gasteiger partial charge in [-0.15, -0.1) is 0 Å². The van der Waals surface area contributed by atoms with E-state index in [1.165, 1.54) is 10.6 Å². The number of carbonyl (C=O) groups excluding carboxylic acids is 1. The summed E-state index contributed by atoms with van der Waals surface area (Å²) in [5.74, 6) is -0.141. The predicted molar refractivity (Wildman–Crippen MR) is 112 cm³/mol. The number of nitrogens with one attached hydrogen (secondary N) is 1. The molecule has 138 valence electrons. The summed E-state index contributed by atoms with van der Waals surface area (Å²) in [7, 11) is -3.12. The Kier molecular flexibility index (Phi) is 5.83. The molecule has 0 unspecified atom stereocenters. The molecule has 1 N–H and O–H groups in total. The third-order valence-electron chi connectivity index (χ3n) is 4.28. The summed E-state index contributed by atoms with van der Waals surface area (Å²) < 4.78 is 25.7. The van der Waals surface area contributed by atoms with Gasteiger partial charge in [0.05, 0.1) is 6.26 Å². The van der Waals surface area contributed by atoms with Gasteiger partial charge < -0.3 is 10.2 Å². The van der Waals surface area contributed by atoms with Gasteiger partial charge >= 0.3 is 0 Å². The molecule has 1 amide bonds. The van der Waals surface area contributed by atoms with E-state index in [4.69, 9.17) is 0 Å². The predicted octanol–water partition coefficient (Wildman–Crippen LogP) is 2.63. The second-order valence-corrected chi connectivity index (χ2v) is 9.39. The van der Waals surface area contributed by atoms with E-state index in [2.05, 4.69) is 32.8 Å². The number of hydrogen-bond acceptors (Lipinski definition) is 4. The van der Waals surface area contributed by atoms with Crippen LogP contribution in [0.5, 0.6) is 0 Å². The van der Waals surface area contributed by atoms with Crippen LogP contribution < -0.4 is 10.2 Å². The Hall–Kier alpha value is -1.65. The molecule has 2 aromatic rings. The molecule has 1 aliphatic heterocycles. The highest BCUT2D eigenvalue weighted by Gasteiger charge is 2.23. The van der Waals surface area contributed by atoms with Crippen molar-refractivity contribution < 1.29 is 13.2 Å². The van der Waals surface area contributed by atoms with Gasteiger partial charge in [0.1, 0.15) is 0 Å². The molecule has 1 heterocycles. The van der Waals surface area contributed by atoms with Gasteiger partial charge in [-0.3, -0.25) is 4.79 Å². The van der Waals surface area contributed by atoms with E-state index in [9.17, 15) is 13.2 Å². The molecule has 1 fully saturated rings.